The Morgan fingerprint density at radius 3 is 2.78 bits per heavy atom. The summed E-state index contributed by atoms with van der Waals surface area (Å²) in [5.74, 6) is -0.361. The molecule has 1 saturated carbocycles. The Labute approximate surface area is 160 Å². The van der Waals surface area contributed by atoms with Crippen molar-refractivity contribution in [1.82, 2.24) is 10.3 Å². The monoisotopic (exact) mass is 384 g/mol. The van der Waals surface area contributed by atoms with E-state index in [1.54, 1.807) is 19.1 Å². The molecule has 1 amide bonds. The van der Waals surface area contributed by atoms with E-state index < -0.39 is 12.1 Å². The molecule has 1 atom stereocenters. The molecule has 2 aromatic heterocycles. The number of esters is 1. The highest BCUT2D eigenvalue weighted by atomic mass is 32.1. The molecule has 27 heavy (non-hydrogen) atoms. The maximum absolute atomic E-state index is 12.3. The summed E-state index contributed by atoms with van der Waals surface area (Å²) in [4.78, 5) is 29.0. The first-order chi connectivity index (χ1) is 13.1. The number of rotatable bonds is 5. The van der Waals surface area contributed by atoms with Crippen LogP contribution in [0.25, 0.3) is 21.0 Å². The summed E-state index contributed by atoms with van der Waals surface area (Å²) >= 11 is 1.49. The van der Waals surface area contributed by atoms with E-state index in [0.29, 0.717) is 10.8 Å². The van der Waals surface area contributed by atoms with E-state index in [0.717, 1.165) is 35.9 Å². The topological polar surface area (TPSA) is 81.4 Å². The van der Waals surface area contributed by atoms with Crippen LogP contribution in [-0.4, -0.2) is 29.0 Å². The zero-order valence-corrected chi connectivity index (χ0v) is 15.8. The maximum atomic E-state index is 12.3. The van der Waals surface area contributed by atoms with Gasteiger partial charge in [-0.25, -0.2) is 9.78 Å². The molecule has 0 radical (unpaired) electrons. The molecule has 2 heterocycles. The van der Waals surface area contributed by atoms with Crippen molar-refractivity contribution in [3.63, 3.8) is 0 Å². The van der Waals surface area contributed by atoms with E-state index in [1.165, 1.54) is 11.3 Å². The second kappa shape index (κ2) is 7.52. The number of hydrogen-bond acceptors (Lipinski definition) is 6. The molecule has 0 saturated heterocycles. The summed E-state index contributed by atoms with van der Waals surface area (Å²) in [5, 5.41) is 3.62. The molecule has 1 aromatic carbocycles. The molecule has 1 fully saturated rings. The molecule has 7 heteroatoms. The molecule has 6 nitrogen and oxygen atoms in total. The van der Waals surface area contributed by atoms with E-state index in [2.05, 4.69) is 10.3 Å². The minimum atomic E-state index is -0.867. The Balaban J connectivity index is 1.41. The van der Waals surface area contributed by atoms with Crippen molar-refractivity contribution < 1.29 is 18.7 Å². The molecule has 0 spiro atoms. The smallest absolute Gasteiger partial charge is 0.375 e. The van der Waals surface area contributed by atoms with Gasteiger partial charge in [-0.3, -0.25) is 4.79 Å². The fraction of sp³-hybridized carbons (Fsp3) is 0.350. The first-order valence-corrected chi connectivity index (χ1v) is 9.89. The Morgan fingerprint density at radius 2 is 2.00 bits per heavy atom. The number of carbonyl (C=O) groups excluding carboxylic acids is 2. The number of benzene rings is 1. The Morgan fingerprint density at radius 1 is 1.22 bits per heavy atom. The van der Waals surface area contributed by atoms with Gasteiger partial charge in [-0.1, -0.05) is 25.0 Å². The van der Waals surface area contributed by atoms with Crippen LogP contribution in [0.2, 0.25) is 0 Å². The molecule has 1 N–H and O–H groups in total. The lowest BCUT2D eigenvalue weighted by Crippen LogP contribution is -2.40. The highest BCUT2D eigenvalue weighted by Crippen LogP contribution is 2.31. The molecule has 0 unspecified atom stereocenters. The van der Waals surface area contributed by atoms with Gasteiger partial charge in [0.2, 0.25) is 5.76 Å². The lowest BCUT2D eigenvalue weighted by atomic mass is 10.2. The van der Waals surface area contributed by atoms with Gasteiger partial charge in [-0.15, -0.1) is 11.3 Å². The minimum absolute atomic E-state index is 0.0600. The normalized spacial score (nSPS) is 15.7. The van der Waals surface area contributed by atoms with Crippen molar-refractivity contribution in [2.45, 2.75) is 44.8 Å². The fourth-order valence-electron chi connectivity index (χ4n) is 3.20. The largest absolute Gasteiger partial charge is 0.447 e. The predicted molar refractivity (Wildman–Crippen MR) is 103 cm³/mol. The molecule has 1 aliphatic rings. The number of para-hydroxylation sites is 1. The van der Waals surface area contributed by atoms with E-state index >= 15 is 0 Å². The minimum Gasteiger partial charge on any atom is -0.447 e. The van der Waals surface area contributed by atoms with Crippen molar-refractivity contribution >= 4 is 33.4 Å². The molecule has 1 aliphatic carbocycles. The van der Waals surface area contributed by atoms with Gasteiger partial charge in [0.1, 0.15) is 0 Å². The number of hydrogen-bond donors (Lipinski definition) is 1. The van der Waals surface area contributed by atoms with Gasteiger partial charge in [-0.05, 0) is 44.0 Å². The third kappa shape index (κ3) is 3.88. The Bertz CT molecular complexity index is 938. The second-order valence-electron chi connectivity index (χ2n) is 6.69. The van der Waals surface area contributed by atoms with Crippen molar-refractivity contribution in [2.24, 2.45) is 0 Å². The Kier molecular flexibility index (Phi) is 4.94. The van der Waals surface area contributed by atoms with Crippen molar-refractivity contribution in [3.05, 3.63) is 42.2 Å². The van der Waals surface area contributed by atoms with Crippen LogP contribution in [0, 0.1) is 0 Å². The number of nitrogens with one attached hydrogen (secondary N) is 1. The number of furan rings is 1. The van der Waals surface area contributed by atoms with Gasteiger partial charge in [0, 0.05) is 6.04 Å². The third-order valence-corrected chi connectivity index (χ3v) is 5.72. The molecule has 0 aliphatic heterocycles. The maximum Gasteiger partial charge on any atom is 0.375 e. The van der Waals surface area contributed by atoms with Gasteiger partial charge in [-0.2, -0.15) is 0 Å². The van der Waals surface area contributed by atoms with Crippen molar-refractivity contribution in [3.8, 4) is 10.8 Å². The number of ether oxygens (including phenoxy) is 1. The summed E-state index contributed by atoms with van der Waals surface area (Å²) in [7, 11) is 0. The third-order valence-electron chi connectivity index (χ3n) is 4.67. The molecular formula is C20H20N2O4S. The van der Waals surface area contributed by atoms with E-state index in [1.807, 2.05) is 24.3 Å². The highest BCUT2D eigenvalue weighted by molar-refractivity contribution is 7.21. The average Bonchev–Trinajstić information content (AvgIpc) is 3.40. The van der Waals surface area contributed by atoms with Crippen LogP contribution < -0.4 is 5.32 Å². The van der Waals surface area contributed by atoms with E-state index in [9.17, 15) is 9.59 Å². The zero-order valence-electron chi connectivity index (χ0n) is 14.9. The van der Waals surface area contributed by atoms with Crippen LogP contribution in [0.3, 0.4) is 0 Å². The number of thiazole rings is 1. The van der Waals surface area contributed by atoms with Crippen LogP contribution in [0.4, 0.5) is 0 Å². The van der Waals surface area contributed by atoms with Crippen LogP contribution in [0.1, 0.15) is 43.2 Å². The highest BCUT2D eigenvalue weighted by Gasteiger charge is 2.25. The van der Waals surface area contributed by atoms with Crippen LogP contribution in [0.5, 0.6) is 0 Å². The number of nitrogens with zero attached hydrogens (tertiary/aromatic N) is 1. The van der Waals surface area contributed by atoms with Gasteiger partial charge in [0.05, 0.1) is 10.2 Å². The average molecular weight is 384 g/mol. The SMILES string of the molecule is C[C@@H](OC(=O)c1ccc(-c2nc3ccccc3s2)o1)C(=O)NC1CCCC1. The van der Waals surface area contributed by atoms with Gasteiger partial charge >= 0.3 is 5.97 Å². The first kappa shape index (κ1) is 17.7. The van der Waals surface area contributed by atoms with Crippen LogP contribution >= 0.6 is 11.3 Å². The molecule has 3 aromatic rings. The van der Waals surface area contributed by atoms with E-state index in [-0.39, 0.29) is 17.7 Å². The summed E-state index contributed by atoms with van der Waals surface area (Å²) < 4.78 is 11.9. The van der Waals surface area contributed by atoms with Crippen LogP contribution in [0.15, 0.2) is 40.8 Å². The quantitative estimate of drug-likeness (QED) is 0.668. The Hall–Kier alpha value is -2.67. The lowest BCUT2D eigenvalue weighted by molar-refractivity contribution is -0.129. The number of aromatic nitrogens is 1. The van der Waals surface area contributed by atoms with Crippen molar-refractivity contribution in [1.29, 1.82) is 0 Å². The van der Waals surface area contributed by atoms with Crippen LogP contribution in [-0.2, 0) is 9.53 Å². The second-order valence-corrected chi connectivity index (χ2v) is 7.72. The number of carbonyl (C=O) groups is 2. The lowest BCUT2D eigenvalue weighted by Gasteiger charge is -2.16. The summed E-state index contributed by atoms with van der Waals surface area (Å²) in [6.07, 6.45) is 3.35. The summed E-state index contributed by atoms with van der Waals surface area (Å²) in [6, 6.07) is 11.2. The summed E-state index contributed by atoms with van der Waals surface area (Å²) in [5.41, 5.74) is 0.884. The summed E-state index contributed by atoms with van der Waals surface area (Å²) in [6.45, 7) is 1.57. The van der Waals surface area contributed by atoms with Crippen molar-refractivity contribution in [2.75, 3.05) is 0 Å². The number of fused-ring (bicyclic) bond motifs is 1. The molecule has 140 valence electrons. The molecule has 0 bridgehead atoms. The molecular weight excluding hydrogens is 364 g/mol. The standard InChI is InChI=1S/C20H20N2O4S/c1-12(18(23)21-13-6-2-3-7-13)25-20(24)16-11-10-15(26-16)19-22-14-8-4-5-9-17(14)27-19/h4-5,8-13H,2-3,6-7H2,1H3,(H,21,23)/t12-/m1/s1. The first-order valence-electron chi connectivity index (χ1n) is 9.07. The molecule has 4 rings (SSSR count). The van der Waals surface area contributed by atoms with Gasteiger partial charge in [0.15, 0.2) is 16.9 Å². The van der Waals surface area contributed by atoms with Gasteiger partial charge < -0.3 is 14.5 Å². The predicted octanol–water partition coefficient (Wildman–Crippen LogP) is 4.16. The zero-order chi connectivity index (χ0) is 18.8. The number of amides is 1. The van der Waals surface area contributed by atoms with Gasteiger partial charge in [0.25, 0.3) is 5.91 Å². The fourth-order valence-corrected chi connectivity index (χ4v) is 4.13. The van der Waals surface area contributed by atoms with E-state index in [4.69, 9.17) is 9.15 Å².